The second-order valence-electron chi connectivity index (χ2n) is 2.28. The fraction of sp³-hybridized carbons (Fsp3) is 0.714. The molecule has 0 radical (unpaired) electrons. The summed E-state index contributed by atoms with van der Waals surface area (Å²) >= 11 is 0. The third-order valence-electron chi connectivity index (χ3n) is 1.65. The van der Waals surface area contributed by atoms with Gasteiger partial charge < -0.3 is 0 Å². The van der Waals surface area contributed by atoms with Crippen LogP contribution in [0.1, 0.15) is 19.3 Å². The van der Waals surface area contributed by atoms with Crippen LogP contribution in [0.25, 0.3) is 0 Å². The zero-order chi connectivity index (χ0) is 5.82. The van der Waals surface area contributed by atoms with Crippen molar-refractivity contribution in [1.82, 2.24) is 0 Å². The SMILES string of the molecule is C=C[SH]1CCCCC1. The van der Waals surface area contributed by atoms with Gasteiger partial charge in [-0.05, 0) is 24.3 Å². The molecule has 8 heavy (non-hydrogen) atoms. The van der Waals surface area contributed by atoms with E-state index >= 15 is 0 Å². The van der Waals surface area contributed by atoms with Crippen LogP contribution in [0.3, 0.4) is 0 Å². The molecule has 0 saturated carbocycles. The molecule has 1 aliphatic rings. The topological polar surface area (TPSA) is 0 Å². The molecule has 1 rings (SSSR count). The standard InChI is InChI=1S/C7H14S/c1-2-8-6-4-3-5-7-8/h2,8H,1,3-7H2. The van der Waals surface area contributed by atoms with Gasteiger partial charge in [0.1, 0.15) is 0 Å². The Balaban J connectivity index is 2.22. The summed E-state index contributed by atoms with van der Waals surface area (Å²) in [5.41, 5.74) is 0. The monoisotopic (exact) mass is 130 g/mol. The summed E-state index contributed by atoms with van der Waals surface area (Å²) in [4.78, 5) is 0. The molecular formula is C7H14S. The van der Waals surface area contributed by atoms with Crippen molar-refractivity contribution >= 4 is 10.9 Å². The molecule has 0 atom stereocenters. The Kier molecular flexibility index (Phi) is 2.47. The van der Waals surface area contributed by atoms with Gasteiger partial charge in [-0.1, -0.05) is 18.4 Å². The van der Waals surface area contributed by atoms with Gasteiger partial charge in [0, 0.05) is 0 Å². The molecule has 0 amide bonds. The molecule has 0 nitrogen and oxygen atoms in total. The van der Waals surface area contributed by atoms with Gasteiger partial charge in [-0.25, -0.2) is 10.9 Å². The van der Waals surface area contributed by atoms with E-state index < -0.39 is 0 Å². The van der Waals surface area contributed by atoms with E-state index in [0.717, 1.165) is 0 Å². The molecule has 1 heterocycles. The quantitative estimate of drug-likeness (QED) is 0.517. The van der Waals surface area contributed by atoms with Gasteiger partial charge >= 0.3 is 0 Å². The molecule has 0 N–H and O–H groups in total. The van der Waals surface area contributed by atoms with Crippen molar-refractivity contribution in [2.24, 2.45) is 0 Å². The summed E-state index contributed by atoms with van der Waals surface area (Å²) in [6, 6.07) is 0. The third-order valence-corrected chi connectivity index (χ3v) is 3.95. The fourth-order valence-corrected chi connectivity index (χ4v) is 2.95. The first-order valence-corrected chi connectivity index (χ1v) is 5.08. The highest BCUT2D eigenvalue weighted by atomic mass is 32.2. The molecular weight excluding hydrogens is 116 g/mol. The highest BCUT2D eigenvalue weighted by Crippen LogP contribution is 2.32. The van der Waals surface area contributed by atoms with E-state index in [9.17, 15) is 0 Å². The second-order valence-corrected chi connectivity index (χ2v) is 4.72. The van der Waals surface area contributed by atoms with Gasteiger partial charge in [-0.15, -0.1) is 0 Å². The van der Waals surface area contributed by atoms with E-state index in [0.29, 0.717) is 10.9 Å². The van der Waals surface area contributed by atoms with Crippen LogP contribution in [-0.2, 0) is 0 Å². The predicted molar refractivity (Wildman–Crippen MR) is 42.8 cm³/mol. The first kappa shape index (κ1) is 6.21. The zero-order valence-electron chi connectivity index (χ0n) is 5.27. The Morgan fingerprint density at radius 3 is 2.12 bits per heavy atom. The first-order valence-electron chi connectivity index (χ1n) is 3.30. The number of rotatable bonds is 1. The highest BCUT2D eigenvalue weighted by Gasteiger charge is 2.04. The van der Waals surface area contributed by atoms with Crippen LogP contribution in [0, 0.1) is 0 Å². The van der Waals surface area contributed by atoms with Gasteiger partial charge in [0.05, 0.1) is 0 Å². The van der Waals surface area contributed by atoms with Crippen molar-refractivity contribution in [3.8, 4) is 0 Å². The zero-order valence-corrected chi connectivity index (χ0v) is 6.16. The lowest BCUT2D eigenvalue weighted by Gasteiger charge is -2.21. The summed E-state index contributed by atoms with van der Waals surface area (Å²) in [5.74, 6) is 2.91. The Hall–Kier alpha value is 0.0900. The van der Waals surface area contributed by atoms with E-state index in [1.54, 1.807) is 0 Å². The van der Waals surface area contributed by atoms with Crippen molar-refractivity contribution in [2.45, 2.75) is 19.3 Å². The van der Waals surface area contributed by atoms with Crippen molar-refractivity contribution in [3.05, 3.63) is 12.0 Å². The summed E-state index contributed by atoms with van der Waals surface area (Å²) in [6.07, 6.45) is 4.38. The number of hydrogen-bond acceptors (Lipinski definition) is 0. The maximum atomic E-state index is 3.81. The average molecular weight is 130 g/mol. The lowest BCUT2D eigenvalue weighted by Crippen LogP contribution is -1.99. The summed E-state index contributed by atoms with van der Waals surface area (Å²) in [5, 5.41) is 2.18. The van der Waals surface area contributed by atoms with Gasteiger partial charge in [0.25, 0.3) is 0 Å². The smallest absolute Gasteiger partial charge is 0.0220 e. The van der Waals surface area contributed by atoms with Gasteiger partial charge in [-0.2, -0.15) is 0 Å². The summed E-state index contributed by atoms with van der Waals surface area (Å²) in [6.45, 7) is 3.81. The fourth-order valence-electron chi connectivity index (χ4n) is 1.10. The minimum absolute atomic E-state index is 0.294. The van der Waals surface area contributed by atoms with E-state index in [1.807, 2.05) is 0 Å². The molecule has 0 aromatic rings. The Morgan fingerprint density at radius 2 is 1.75 bits per heavy atom. The van der Waals surface area contributed by atoms with Crippen molar-refractivity contribution in [3.63, 3.8) is 0 Å². The number of hydrogen-bond donors (Lipinski definition) is 1. The molecule has 1 aliphatic heterocycles. The molecule has 1 saturated heterocycles. The van der Waals surface area contributed by atoms with Crippen LogP contribution in [0.5, 0.6) is 0 Å². The molecule has 0 unspecified atom stereocenters. The minimum atomic E-state index is 0.294. The van der Waals surface area contributed by atoms with E-state index in [4.69, 9.17) is 0 Å². The molecule has 1 fully saturated rings. The van der Waals surface area contributed by atoms with E-state index in [1.165, 1.54) is 30.8 Å². The normalized spacial score (nSPS) is 25.2. The largest absolute Gasteiger partial charge is 0.234 e. The van der Waals surface area contributed by atoms with Gasteiger partial charge in [-0.3, -0.25) is 0 Å². The molecule has 1 heteroatoms. The van der Waals surface area contributed by atoms with Crippen LogP contribution in [-0.4, -0.2) is 11.5 Å². The second kappa shape index (κ2) is 3.18. The Bertz CT molecular complexity index is 72.5. The van der Waals surface area contributed by atoms with Crippen LogP contribution < -0.4 is 0 Å². The Morgan fingerprint density at radius 1 is 1.12 bits per heavy atom. The minimum Gasteiger partial charge on any atom is -0.234 e. The molecule has 0 spiro atoms. The van der Waals surface area contributed by atoms with Crippen molar-refractivity contribution < 1.29 is 0 Å². The van der Waals surface area contributed by atoms with Crippen LogP contribution in [0.2, 0.25) is 0 Å². The van der Waals surface area contributed by atoms with Crippen LogP contribution >= 0.6 is 10.9 Å². The van der Waals surface area contributed by atoms with Gasteiger partial charge in [0.2, 0.25) is 0 Å². The Labute approximate surface area is 54.3 Å². The van der Waals surface area contributed by atoms with E-state index in [-0.39, 0.29) is 0 Å². The van der Waals surface area contributed by atoms with Crippen molar-refractivity contribution in [2.75, 3.05) is 11.5 Å². The molecule has 0 aromatic carbocycles. The highest BCUT2D eigenvalue weighted by molar-refractivity contribution is 8.19. The predicted octanol–water partition coefficient (Wildman–Crippen LogP) is 2.32. The molecule has 0 aliphatic carbocycles. The average Bonchev–Trinajstić information content (AvgIpc) is 1.90. The summed E-state index contributed by atoms with van der Waals surface area (Å²) < 4.78 is 0. The van der Waals surface area contributed by atoms with Crippen LogP contribution in [0.4, 0.5) is 0 Å². The molecule has 0 bridgehead atoms. The van der Waals surface area contributed by atoms with Crippen molar-refractivity contribution in [1.29, 1.82) is 0 Å². The lowest BCUT2D eigenvalue weighted by molar-refractivity contribution is 0.761. The molecule has 0 aromatic heterocycles. The number of thiol groups is 1. The third kappa shape index (κ3) is 1.55. The van der Waals surface area contributed by atoms with E-state index in [2.05, 4.69) is 12.0 Å². The van der Waals surface area contributed by atoms with Crippen LogP contribution in [0.15, 0.2) is 12.0 Å². The lowest BCUT2D eigenvalue weighted by atomic mass is 10.3. The van der Waals surface area contributed by atoms with Gasteiger partial charge in [0.15, 0.2) is 0 Å². The summed E-state index contributed by atoms with van der Waals surface area (Å²) in [7, 11) is 0.294. The maximum absolute atomic E-state index is 3.81. The molecule has 48 valence electrons. The first-order chi connectivity index (χ1) is 3.93. The maximum Gasteiger partial charge on any atom is -0.0220 e.